The van der Waals surface area contributed by atoms with Gasteiger partial charge in [-0.05, 0) is 13.3 Å². The van der Waals surface area contributed by atoms with E-state index >= 15 is 0 Å². The quantitative estimate of drug-likeness (QED) is 0.557. The van der Waals surface area contributed by atoms with E-state index in [0.29, 0.717) is 12.4 Å². The molecule has 0 bridgehead atoms. The highest BCUT2D eigenvalue weighted by atomic mass is 16.6. The van der Waals surface area contributed by atoms with Crippen LogP contribution in [0.5, 0.6) is 0 Å². The van der Waals surface area contributed by atoms with E-state index in [1.54, 1.807) is 6.92 Å². The van der Waals surface area contributed by atoms with Crippen LogP contribution >= 0.6 is 0 Å². The molecule has 21 heavy (non-hydrogen) atoms. The SMILES string of the molecule is CCCNc1cc(C(=O)NCC(C)OC)c([N+](=O)[O-])cn1. The summed E-state index contributed by atoms with van der Waals surface area (Å²) in [6.07, 6.45) is 1.80. The molecule has 8 heteroatoms. The van der Waals surface area contributed by atoms with Gasteiger partial charge in [-0.3, -0.25) is 14.9 Å². The van der Waals surface area contributed by atoms with Gasteiger partial charge in [-0.15, -0.1) is 0 Å². The minimum absolute atomic E-state index is 0.0168. The molecule has 0 aliphatic heterocycles. The average Bonchev–Trinajstić information content (AvgIpc) is 2.49. The molecule has 2 N–H and O–H groups in total. The van der Waals surface area contributed by atoms with Crippen molar-refractivity contribution >= 4 is 17.4 Å². The molecule has 0 saturated heterocycles. The number of ether oxygens (including phenoxy) is 1. The zero-order chi connectivity index (χ0) is 15.8. The number of nitro groups is 1. The summed E-state index contributed by atoms with van der Waals surface area (Å²) in [6, 6.07) is 1.39. The number of pyridine rings is 1. The predicted octanol–water partition coefficient (Wildman–Crippen LogP) is 1.58. The maximum atomic E-state index is 12.1. The van der Waals surface area contributed by atoms with Gasteiger partial charge in [-0.1, -0.05) is 6.92 Å². The molecule has 1 unspecified atom stereocenters. The van der Waals surface area contributed by atoms with Gasteiger partial charge in [0.05, 0.1) is 11.0 Å². The van der Waals surface area contributed by atoms with Crippen LogP contribution in [-0.2, 0) is 4.74 Å². The third-order valence-electron chi connectivity index (χ3n) is 2.83. The normalized spacial score (nSPS) is 11.8. The number of carbonyl (C=O) groups is 1. The maximum Gasteiger partial charge on any atom is 0.300 e. The van der Waals surface area contributed by atoms with Crippen LogP contribution in [0.2, 0.25) is 0 Å². The molecule has 116 valence electrons. The molecule has 0 aliphatic rings. The van der Waals surface area contributed by atoms with Crippen molar-refractivity contribution in [3.63, 3.8) is 0 Å². The van der Waals surface area contributed by atoms with Crippen LogP contribution in [0.1, 0.15) is 30.6 Å². The predicted molar refractivity (Wildman–Crippen MR) is 78.5 cm³/mol. The summed E-state index contributed by atoms with van der Waals surface area (Å²) < 4.78 is 5.02. The van der Waals surface area contributed by atoms with Gasteiger partial charge in [-0.2, -0.15) is 0 Å². The van der Waals surface area contributed by atoms with E-state index in [9.17, 15) is 14.9 Å². The third-order valence-corrected chi connectivity index (χ3v) is 2.83. The second-order valence-corrected chi connectivity index (χ2v) is 4.53. The number of nitrogens with one attached hydrogen (secondary N) is 2. The fourth-order valence-corrected chi connectivity index (χ4v) is 1.54. The molecule has 1 aromatic heterocycles. The van der Waals surface area contributed by atoms with E-state index in [4.69, 9.17) is 4.74 Å². The van der Waals surface area contributed by atoms with E-state index in [-0.39, 0.29) is 23.9 Å². The second-order valence-electron chi connectivity index (χ2n) is 4.53. The molecular formula is C13H20N4O4. The summed E-state index contributed by atoms with van der Waals surface area (Å²) in [5.74, 6) is -0.0834. The molecular weight excluding hydrogens is 276 g/mol. The summed E-state index contributed by atoms with van der Waals surface area (Å²) in [4.78, 5) is 26.4. The Kier molecular flexibility index (Phi) is 6.54. The smallest absolute Gasteiger partial charge is 0.300 e. The number of anilines is 1. The van der Waals surface area contributed by atoms with Gasteiger partial charge in [0.15, 0.2) is 0 Å². The molecule has 1 rings (SSSR count). The van der Waals surface area contributed by atoms with E-state index in [2.05, 4.69) is 15.6 Å². The lowest BCUT2D eigenvalue weighted by Gasteiger charge is -2.11. The van der Waals surface area contributed by atoms with Crippen molar-refractivity contribution in [1.29, 1.82) is 0 Å². The van der Waals surface area contributed by atoms with Gasteiger partial charge < -0.3 is 15.4 Å². The molecule has 1 aromatic rings. The fourth-order valence-electron chi connectivity index (χ4n) is 1.54. The Labute approximate surface area is 123 Å². The van der Waals surface area contributed by atoms with E-state index in [1.807, 2.05) is 6.92 Å². The Hall–Kier alpha value is -2.22. The molecule has 1 amide bonds. The van der Waals surface area contributed by atoms with Gasteiger partial charge >= 0.3 is 0 Å². The van der Waals surface area contributed by atoms with E-state index in [1.165, 1.54) is 13.2 Å². The Balaban J connectivity index is 2.94. The number of nitrogens with zero attached hydrogens (tertiary/aromatic N) is 2. The second kappa shape index (κ2) is 8.15. The van der Waals surface area contributed by atoms with Gasteiger partial charge in [-0.25, -0.2) is 4.98 Å². The van der Waals surface area contributed by atoms with E-state index < -0.39 is 10.8 Å². The van der Waals surface area contributed by atoms with Gasteiger partial charge in [0, 0.05) is 26.3 Å². The van der Waals surface area contributed by atoms with Crippen molar-refractivity contribution < 1.29 is 14.5 Å². The molecule has 0 aromatic carbocycles. The first-order chi connectivity index (χ1) is 9.99. The first kappa shape index (κ1) is 16.8. The Bertz CT molecular complexity index is 507. The van der Waals surface area contributed by atoms with Gasteiger partial charge in [0.1, 0.15) is 17.6 Å². The molecule has 1 heterocycles. The highest BCUT2D eigenvalue weighted by Gasteiger charge is 2.21. The van der Waals surface area contributed by atoms with Crippen molar-refractivity contribution in [3.8, 4) is 0 Å². The Morgan fingerprint density at radius 3 is 2.86 bits per heavy atom. The maximum absolute atomic E-state index is 12.1. The lowest BCUT2D eigenvalue weighted by Crippen LogP contribution is -2.32. The molecule has 0 saturated carbocycles. The summed E-state index contributed by atoms with van der Waals surface area (Å²) in [6.45, 7) is 4.72. The highest BCUT2D eigenvalue weighted by Crippen LogP contribution is 2.20. The summed E-state index contributed by atoms with van der Waals surface area (Å²) in [5, 5.41) is 16.6. The van der Waals surface area contributed by atoms with Crippen LogP contribution in [0, 0.1) is 10.1 Å². The number of hydrogen-bond acceptors (Lipinski definition) is 6. The number of methoxy groups -OCH3 is 1. The molecule has 1 atom stereocenters. The van der Waals surface area contributed by atoms with E-state index in [0.717, 1.165) is 12.6 Å². The lowest BCUT2D eigenvalue weighted by molar-refractivity contribution is -0.385. The Morgan fingerprint density at radius 2 is 2.29 bits per heavy atom. The molecule has 8 nitrogen and oxygen atoms in total. The number of carbonyl (C=O) groups excluding carboxylic acids is 1. The van der Waals surface area contributed by atoms with Crippen LogP contribution in [0.4, 0.5) is 11.5 Å². The first-order valence-corrected chi connectivity index (χ1v) is 6.68. The molecule has 0 fully saturated rings. The average molecular weight is 296 g/mol. The number of aromatic nitrogens is 1. The summed E-state index contributed by atoms with van der Waals surface area (Å²) in [7, 11) is 1.53. The molecule has 0 spiro atoms. The largest absolute Gasteiger partial charge is 0.380 e. The minimum Gasteiger partial charge on any atom is -0.380 e. The topological polar surface area (TPSA) is 106 Å². The molecule has 0 radical (unpaired) electrons. The van der Waals surface area contributed by atoms with Crippen LogP contribution in [0.3, 0.4) is 0 Å². The van der Waals surface area contributed by atoms with Crippen molar-refractivity contribution in [2.75, 3.05) is 25.5 Å². The monoisotopic (exact) mass is 296 g/mol. The third kappa shape index (κ3) is 4.99. The fraction of sp³-hybridized carbons (Fsp3) is 0.538. The van der Waals surface area contributed by atoms with Crippen molar-refractivity contribution in [2.45, 2.75) is 26.4 Å². The number of amides is 1. The van der Waals surface area contributed by atoms with Crippen molar-refractivity contribution in [1.82, 2.24) is 10.3 Å². The highest BCUT2D eigenvalue weighted by molar-refractivity contribution is 5.98. The van der Waals surface area contributed by atoms with Gasteiger partial charge in [0.25, 0.3) is 11.6 Å². The molecule has 0 aliphatic carbocycles. The van der Waals surface area contributed by atoms with Crippen LogP contribution in [-0.4, -0.2) is 42.1 Å². The number of rotatable bonds is 8. The zero-order valence-electron chi connectivity index (χ0n) is 12.4. The van der Waals surface area contributed by atoms with Crippen LogP contribution < -0.4 is 10.6 Å². The lowest BCUT2D eigenvalue weighted by atomic mass is 10.2. The standard InChI is InChI=1S/C13H20N4O4/c1-4-5-14-12-6-10(11(8-15-12)17(19)20)13(18)16-7-9(2)21-3/h6,8-9H,4-5,7H2,1-3H3,(H,14,15)(H,16,18). The minimum atomic E-state index is -0.620. The van der Waals surface area contributed by atoms with Crippen molar-refractivity contribution in [2.24, 2.45) is 0 Å². The first-order valence-electron chi connectivity index (χ1n) is 6.68. The van der Waals surface area contributed by atoms with Crippen LogP contribution in [0.15, 0.2) is 12.3 Å². The summed E-state index contributed by atoms with van der Waals surface area (Å²) in [5.41, 5.74) is -0.337. The number of hydrogen-bond donors (Lipinski definition) is 2. The van der Waals surface area contributed by atoms with Crippen molar-refractivity contribution in [3.05, 3.63) is 27.9 Å². The zero-order valence-corrected chi connectivity index (χ0v) is 12.4. The Morgan fingerprint density at radius 1 is 1.57 bits per heavy atom. The van der Waals surface area contributed by atoms with Gasteiger partial charge in [0.2, 0.25) is 0 Å². The summed E-state index contributed by atoms with van der Waals surface area (Å²) >= 11 is 0. The van der Waals surface area contributed by atoms with Crippen LogP contribution in [0.25, 0.3) is 0 Å².